The molecule has 130 valence electrons. The maximum absolute atomic E-state index is 12.3. The Morgan fingerprint density at radius 1 is 0.692 bits per heavy atom. The lowest BCUT2D eigenvalue weighted by Gasteiger charge is -2.09. The van der Waals surface area contributed by atoms with Crippen molar-refractivity contribution in [1.82, 2.24) is 10.6 Å². The highest BCUT2D eigenvalue weighted by atomic mass is 16.6. The molecule has 0 aromatic heterocycles. The molecule has 0 amide bonds. The predicted molar refractivity (Wildman–Crippen MR) is 96.3 cm³/mol. The van der Waals surface area contributed by atoms with Gasteiger partial charge in [0.05, 0.1) is 11.1 Å². The van der Waals surface area contributed by atoms with Crippen molar-refractivity contribution in [3.8, 4) is 0 Å². The van der Waals surface area contributed by atoms with Crippen LogP contribution in [0.4, 0.5) is 0 Å². The van der Waals surface area contributed by atoms with Gasteiger partial charge in [-0.15, -0.1) is 0 Å². The molecular formula is C20H16N2O4. The van der Waals surface area contributed by atoms with Gasteiger partial charge >= 0.3 is 11.9 Å². The minimum Gasteiger partial charge on any atom is -0.406 e. The molecule has 0 saturated carbocycles. The number of benzene rings is 1. The molecule has 0 radical (unpaired) electrons. The molecule has 0 fully saturated rings. The number of ether oxygens (including phenoxy) is 2. The Hall–Kier alpha value is -3.80. The van der Waals surface area contributed by atoms with Crippen molar-refractivity contribution in [2.45, 2.75) is 0 Å². The molecule has 0 bridgehead atoms. The van der Waals surface area contributed by atoms with Crippen LogP contribution in [-0.4, -0.2) is 11.9 Å². The van der Waals surface area contributed by atoms with Crippen LogP contribution in [0.25, 0.3) is 0 Å². The first-order chi connectivity index (χ1) is 12.7. The number of rotatable bonds is 4. The van der Waals surface area contributed by atoms with Crippen LogP contribution in [0.5, 0.6) is 0 Å². The summed E-state index contributed by atoms with van der Waals surface area (Å²) in [4.78, 5) is 24.6. The molecule has 2 aliphatic rings. The van der Waals surface area contributed by atoms with Gasteiger partial charge in [0.2, 0.25) is 11.8 Å². The average molecular weight is 348 g/mol. The molecule has 0 atom stereocenters. The van der Waals surface area contributed by atoms with Gasteiger partial charge in [0.25, 0.3) is 0 Å². The van der Waals surface area contributed by atoms with E-state index in [1.54, 1.807) is 79.2 Å². The zero-order valence-electron chi connectivity index (χ0n) is 13.7. The molecule has 0 spiro atoms. The van der Waals surface area contributed by atoms with Gasteiger partial charge < -0.3 is 20.1 Å². The molecule has 3 rings (SSSR count). The first-order valence-electron chi connectivity index (χ1n) is 7.87. The maximum atomic E-state index is 12.3. The lowest BCUT2D eigenvalue weighted by Crippen LogP contribution is -2.16. The van der Waals surface area contributed by atoms with Gasteiger partial charge in [0, 0.05) is 12.4 Å². The third-order valence-corrected chi connectivity index (χ3v) is 3.32. The number of allylic oxidation sites excluding steroid dienone is 8. The number of hydrogen-bond donors (Lipinski definition) is 2. The zero-order valence-corrected chi connectivity index (χ0v) is 13.7. The smallest absolute Gasteiger partial charge is 0.344 e. The van der Waals surface area contributed by atoms with Crippen molar-refractivity contribution in [3.63, 3.8) is 0 Å². The second-order valence-electron chi connectivity index (χ2n) is 5.20. The monoisotopic (exact) mass is 348 g/mol. The summed E-state index contributed by atoms with van der Waals surface area (Å²) < 4.78 is 10.5. The van der Waals surface area contributed by atoms with Crippen LogP contribution in [0.3, 0.4) is 0 Å². The normalized spacial score (nSPS) is 14.9. The molecule has 2 heterocycles. The number of hydrogen-bond acceptors (Lipinski definition) is 6. The molecule has 0 unspecified atom stereocenters. The summed E-state index contributed by atoms with van der Waals surface area (Å²) in [6.45, 7) is 0. The minimum atomic E-state index is -0.584. The maximum Gasteiger partial charge on any atom is 0.344 e. The van der Waals surface area contributed by atoms with Gasteiger partial charge in [-0.3, -0.25) is 0 Å². The molecule has 6 heteroatoms. The van der Waals surface area contributed by atoms with E-state index in [9.17, 15) is 9.59 Å². The van der Waals surface area contributed by atoms with Gasteiger partial charge in [-0.05, 0) is 42.5 Å². The van der Waals surface area contributed by atoms with E-state index in [4.69, 9.17) is 9.47 Å². The second kappa shape index (κ2) is 8.34. The van der Waals surface area contributed by atoms with Crippen molar-refractivity contribution in [1.29, 1.82) is 0 Å². The number of nitrogens with one attached hydrogen (secondary N) is 2. The highest BCUT2D eigenvalue weighted by molar-refractivity contribution is 5.95. The van der Waals surface area contributed by atoms with Crippen LogP contribution in [0.2, 0.25) is 0 Å². The molecule has 6 nitrogen and oxygen atoms in total. The highest BCUT2D eigenvalue weighted by Gasteiger charge is 2.15. The first kappa shape index (κ1) is 17.0. The van der Waals surface area contributed by atoms with Crippen LogP contribution in [0.1, 0.15) is 20.7 Å². The minimum absolute atomic E-state index is 0.238. The van der Waals surface area contributed by atoms with E-state index in [1.807, 2.05) is 0 Å². The Kier molecular flexibility index (Phi) is 5.47. The molecule has 26 heavy (non-hydrogen) atoms. The van der Waals surface area contributed by atoms with Crippen LogP contribution in [-0.2, 0) is 9.47 Å². The lowest BCUT2D eigenvalue weighted by atomic mass is 10.1. The Balaban J connectivity index is 1.69. The van der Waals surface area contributed by atoms with E-state index in [1.165, 1.54) is 6.07 Å². The Bertz CT molecular complexity index is 820. The standard InChI is InChI=1S/C20H16N2O4/c23-19(25-17-10-3-1-5-12-21-17)15-8-7-9-16(14-15)20(24)26-18-11-4-2-6-13-22-18/h1-14,21-22H. The summed E-state index contributed by atoms with van der Waals surface area (Å²) in [6.07, 6.45) is 17.2. The third kappa shape index (κ3) is 4.61. The van der Waals surface area contributed by atoms with Crippen LogP contribution >= 0.6 is 0 Å². The Morgan fingerprint density at radius 2 is 1.19 bits per heavy atom. The number of carbonyl (C=O) groups is 2. The van der Waals surface area contributed by atoms with E-state index < -0.39 is 11.9 Å². The third-order valence-electron chi connectivity index (χ3n) is 3.32. The summed E-state index contributed by atoms with van der Waals surface area (Å²) in [6, 6.07) is 6.15. The van der Waals surface area contributed by atoms with E-state index in [0.29, 0.717) is 11.8 Å². The Morgan fingerprint density at radius 3 is 1.69 bits per heavy atom. The zero-order chi connectivity index (χ0) is 18.2. The molecule has 1 aromatic rings. The summed E-state index contributed by atoms with van der Waals surface area (Å²) in [5, 5.41) is 5.67. The molecule has 1 aromatic carbocycles. The van der Waals surface area contributed by atoms with Crippen LogP contribution in [0, 0.1) is 0 Å². The fourth-order valence-electron chi connectivity index (χ4n) is 2.10. The van der Waals surface area contributed by atoms with Gasteiger partial charge in [0.1, 0.15) is 0 Å². The number of esters is 2. The first-order valence-corrected chi connectivity index (χ1v) is 7.87. The van der Waals surface area contributed by atoms with E-state index in [2.05, 4.69) is 10.6 Å². The number of carbonyl (C=O) groups excluding carboxylic acids is 2. The second-order valence-corrected chi connectivity index (χ2v) is 5.20. The summed E-state index contributed by atoms with van der Waals surface area (Å²) in [5.41, 5.74) is 0.476. The average Bonchev–Trinajstić information content (AvgIpc) is 3.07. The van der Waals surface area contributed by atoms with Crippen molar-refractivity contribution < 1.29 is 19.1 Å². The van der Waals surface area contributed by atoms with Crippen LogP contribution in [0.15, 0.2) is 97.0 Å². The van der Waals surface area contributed by atoms with E-state index >= 15 is 0 Å². The van der Waals surface area contributed by atoms with E-state index in [0.717, 1.165) is 0 Å². The summed E-state index contributed by atoms with van der Waals surface area (Å²) >= 11 is 0. The fraction of sp³-hybridized carbons (Fsp3) is 0. The predicted octanol–water partition coefficient (Wildman–Crippen LogP) is 3.03. The van der Waals surface area contributed by atoms with Crippen molar-refractivity contribution >= 4 is 11.9 Å². The van der Waals surface area contributed by atoms with Gasteiger partial charge in [-0.25, -0.2) is 9.59 Å². The molecule has 0 aliphatic carbocycles. The van der Waals surface area contributed by atoms with Crippen molar-refractivity contribution in [2.24, 2.45) is 0 Å². The lowest BCUT2D eigenvalue weighted by molar-refractivity contribution is 0.0609. The van der Waals surface area contributed by atoms with E-state index in [-0.39, 0.29) is 11.1 Å². The molecule has 2 N–H and O–H groups in total. The SMILES string of the molecule is O=C(OC1=CC=CC=CN1)c1cccc(C(=O)OC2=CC=CC=CN2)c1. The topological polar surface area (TPSA) is 76.7 Å². The fourth-order valence-corrected chi connectivity index (χ4v) is 2.10. The molecule has 2 aliphatic heterocycles. The van der Waals surface area contributed by atoms with Gasteiger partial charge in [-0.1, -0.05) is 30.4 Å². The summed E-state index contributed by atoms with van der Waals surface area (Å²) in [5.74, 6) is -0.585. The summed E-state index contributed by atoms with van der Waals surface area (Å²) in [7, 11) is 0. The van der Waals surface area contributed by atoms with Crippen molar-refractivity contribution in [2.75, 3.05) is 0 Å². The van der Waals surface area contributed by atoms with Gasteiger partial charge in [-0.2, -0.15) is 0 Å². The van der Waals surface area contributed by atoms with Gasteiger partial charge in [0.15, 0.2) is 0 Å². The van der Waals surface area contributed by atoms with Crippen LogP contribution < -0.4 is 10.6 Å². The largest absolute Gasteiger partial charge is 0.406 e. The molecule has 0 saturated heterocycles. The van der Waals surface area contributed by atoms with Crippen molar-refractivity contribution in [3.05, 3.63) is 108 Å². The highest BCUT2D eigenvalue weighted by Crippen LogP contribution is 2.12. The quantitative estimate of drug-likeness (QED) is 0.815. The Labute approximate surface area is 150 Å². The molecular weight excluding hydrogens is 332 g/mol.